The zero-order valence-electron chi connectivity index (χ0n) is 17.6. The van der Waals surface area contributed by atoms with E-state index in [1.807, 2.05) is 28.8 Å². The zero-order valence-corrected chi connectivity index (χ0v) is 20.0. The number of fused-ring (bicyclic) bond motifs is 1. The molecule has 0 saturated heterocycles. The van der Waals surface area contributed by atoms with Crippen molar-refractivity contribution in [1.82, 2.24) is 25.2 Å². The van der Waals surface area contributed by atoms with Gasteiger partial charge in [0.1, 0.15) is 5.82 Å². The van der Waals surface area contributed by atoms with E-state index >= 15 is 0 Å². The number of benzene rings is 1. The van der Waals surface area contributed by atoms with Crippen molar-refractivity contribution in [3.63, 3.8) is 0 Å². The molecule has 7 heteroatoms. The van der Waals surface area contributed by atoms with Crippen LogP contribution in [0.2, 0.25) is 0 Å². The number of aliphatic imine (C=N–C) groups is 1. The number of nitrogens with one attached hydrogen (secondary N) is 2. The lowest BCUT2D eigenvalue weighted by molar-refractivity contribution is 0.508. The lowest BCUT2D eigenvalue weighted by atomic mass is 9.84. The van der Waals surface area contributed by atoms with Crippen LogP contribution in [0.5, 0.6) is 0 Å². The topological polar surface area (TPSA) is 66.6 Å². The van der Waals surface area contributed by atoms with E-state index in [-0.39, 0.29) is 29.4 Å². The largest absolute Gasteiger partial charge is 0.356 e. The molecule has 0 saturated carbocycles. The fraction of sp³-hybridized carbons (Fsp3) is 0.409. The van der Waals surface area contributed by atoms with Crippen molar-refractivity contribution in [3.05, 3.63) is 65.6 Å². The monoisotopic (exact) mass is 506 g/mol. The van der Waals surface area contributed by atoms with Gasteiger partial charge >= 0.3 is 0 Å². The minimum absolute atomic E-state index is 0. The molecule has 0 atom stereocenters. The predicted octanol–water partition coefficient (Wildman–Crippen LogP) is 3.60. The van der Waals surface area contributed by atoms with Crippen LogP contribution in [0, 0.1) is 0 Å². The second-order valence-corrected chi connectivity index (χ2v) is 7.58. The second-order valence-electron chi connectivity index (χ2n) is 7.58. The number of rotatable bonds is 7. The van der Waals surface area contributed by atoms with Gasteiger partial charge < -0.3 is 10.6 Å². The molecule has 0 radical (unpaired) electrons. The van der Waals surface area contributed by atoms with Gasteiger partial charge in [0.25, 0.3) is 0 Å². The molecule has 0 aliphatic rings. The lowest BCUT2D eigenvalue weighted by Gasteiger charge is -2.27. The summed E-state index contributed by atoms with van der Waals surface area (Å²) in [6.07, 6.45) is 3.83. The van der Waals surface area contributed by atoms with Crippen LogP contribution in [0.3, 0.4) is 0 Å². The first kappa shape index (κ1) is 23.1. The van der Waals surface area contributed by atoms with Gasteiger partial charge in [-0.1, -0.05) is 51.1 Å². The fourth-order valence-electron chi connectivity index (χ4n) is 3.17. The fourth-order valence-corrected chi connectivity index (χ4v) is 3.17. The molecule has 2 heterocycles. The first-order valence-corrected chi connectivity index (χ1v) is 9.86. The van der Waals surface area contributed by atoms with E-state index in [9.17, 15) is 0 Å². The van der Waals surface area contributed by atoms with Crippen molar-refractivity contribution in [2.24, 2.45) is 4.99 Å². The van der Waals surface area contributed by atoms with Crippen LogP contribution in [-0.2, 0) is 18.3 Å². The molecule has 0 bridgehead atoms. The molecular formula is C22H31IN6. The molecule has 0 spiro atoms. The van der Waals surface area contributed by atoms with Gasteiger partial charge in [0.05, 0.1) is 0 Å². The highest BCUT2D eigenvalue weighted by Crippen LogP contribution is 2.22. The van der Waals surface area contributed by atoms with E-state index in [2.05, 4.69) is 70.9 Å². The quantitative estimate of drug-likeness (QED) is 0.292. The van der Waals surface area contributed by atoms with E-state index in [4.69, 9.17) is 0 Å². The smallest absolute Gasteiger partial charge is 0.191 e. The van der Waals surface area contributed by atoms with Crippen molar-refractivity contribution in [2.45, 2.75) is 39.0 Å². The van der Waals surface area contributed by atoms with Crippen LogP contribution in [-0.4, -0.2) is 40.7 Å². The Morgan fingerprint density at radius 3 is 2.52 bits per heavy atom. The standard InChI is InChI=1S/C22H30N6.HI/c1-5-17-9-11-18(12-10-17)22(2,3)16-25-21(23-4)24-14-13-20-27-26-19-8-6-7-15-28(19)20;/h6-12,15H,5,13-14,16H2,1-4H3,(H2,23,24,25);1H. The summed E-state index contributed by atoms with van der Waals surface area (Å²) >= 11 is 0. The minimum Gasteiger partial charge on any atom is -0.356 e. The van der Waals surface area contributed by atoms with Crippen LogP contribution in [0.15, 0.2) is 53.7 Å². The number of halogens is 1. The maximum Gasteiger partial charge on any atom is 0.191 e. The molecule has 3 rings (SSSR count). The van der Waals surface area contributed by atoms with E-state index in [0.29, 0.717) is 0 Å². The van der Waals surface area contributed by atoms with E-state index in [0.717, 1.165) is 43.4 Å². The van der Waals surface area contributed by atoms with Crippen LogP contribution in [0.1, 0.15) is 37.7 Å². The second kappa shape index (κ2) is 10.6. The Bertz CT molecular complexity index is 930. The van der Waals surface area contributed by atoms with E-state index < -0.39 is 0 Å². The van der Waals surface area contributed by atoms with E-state index in [1.54, 1.807) is 7.05 Å². The summed E-state index contributed by atoms with van der Waals surface area (Å²) in [4.78, 5) is 4.34. The summed E-state index contributed by atoms with van der Waals surface area (Å²) in [5.41, 5.74) is 3.57. The lowest BCUT2D eigenvalue weighted by Crippen LogP contribution is -2.44. The van der Waals surface area contributed by atoms with Crippen molar-refractivity contribution in [3.8, 4) is 0 Å². The van der Waals surface area contributed by atoms with Crippen LogP contribution < -0.4 is 10.6 Å². The van der Waals surface area contributed by atoms with Gasteiger partial charge in [0.15, 0.2) is 11.6 Å². The zero-order chi connectivity index (χ0) is 20.0. The molecule has 0 aliphatic heterocycles. The van der Waals surface area contributed by atoms with Crippen molar-refractivity contribution >= 4 is 35.6 Å². The van der Waals surface area contributed by atoms with Crippen molar-refractivity contribution in [2.75, 3.05) is 20.1 Å². The third-order valence-electron chi connectivity index (χ3n) is 5.09. The van der Waals surface area contributed by atoms with Gasteiger partial charge in [-0.15, -0.1) is 34.2 Å². The van der Waals surface area contributed by atoms with Gasteiger partial charge in [0.2, 0.25) is 0 Å². The van der Waals surface area contributed by atoms with Gasteiger partial charge in [-0.2, -0.15) is 0 Å². The molecule has 3 aromatic rings. The Morgan fingerprint density at radius 2 is 1.83 bits per heavy atom. The number of aromatic nitrogens is 3. The molecule has 156 valence electrons. The highest BCUT2D eigenvalue weighted by atomic mass is 127. The Kier molecular flexibility index (Phi) is 8.43. The molecule has 1 aromatic carbocycles. The highest BCUT2D eigenvalue weighted by Gasteiger charge is 2.20. The van der Waals surface area contributed by atoms with Crippen LogP contribution in [0.4, 0.5) is 0 Å². The summed E-state index contributed by atoms with van der Waals surface area (Å²) in [5, 5.41) is 15.3. The first-order valence-electron chi connectivity index (χ1n) is 9.86. The maximum atomic E-state index is 4.34. The molecule has 2 aromatic heterocycles. The predicted molar refractivity (Wildman–Crippen MR) is 130 cm³/mol. The molecule has 29 heavy (non-hydrogen) atoms. The molecule has 0 aliphatic carbocycles. The number of aryl methyl sites for hydroxylation is 1. The molecule has 0 amide bonds. The number of hydrogen-bond acceptors (Lipinski definition) is 3. The maximum absolute atomic E-state index is 4.34. The van der Waals surface area contributed by atoms with Gasteiger partial charge in [-0.05, 0) is 29.7 Å². The molecule has 6 nitrogen and oxygen atoms in total. The highest BCUT2D eigenvalue weighted by molar-refractivity contribution is 14.0. The Labute approximate surface area is 190 Å². The number of pyridine rings is 1. The summed E-state index contributed by atoms with van der Waals surface area (Å²) in [6.45, 7) is 8.21. The van der Waals surface area contributed by atoms with Gasteiger partial charge in [-0.3, -0.25) is 9.39 Å². The molecule has 2 N–H and O–H groups in total. The van der Waals surface area contributed by atoms with Gasteiger partial charge in [-0.25, -0.2) is 0 Å². The third kappa shape index (κ3) is 5.91. The number of hydrogen-bond donors (Lipinski definition) is 2. The summed E-state index contributed by atoms with van der Waals surface area (Å²) in [5.74, 6) is 1.74. The van der Waals surface area contributed by atoms with E-state index in [1.165, 1.54) is 11.1 Å². The minimum atomic E-state index is 0. The normalized spacial score (nSPS) is 11.9. The first-order chi connectivity index (χ1) is 13.5. The number of nitrogens with zero attached hydrogens (tertiary/aromatic N) is 4. The molecule has 0 unspecified atom stereocenters. The van der Waals surface area contributed by atoms with Crippen LogP contribution in [0.25, 0.3) is 5.65 Å². The SMILES string of the molecule is CCc1ccc(C(C)(C)CNC(=NC)NCCc2nnc3ccccn23)cc1.I. The Hall–Kier alpha value is -2.16. The molecule has 0 fully saturated rings. The summed E-state index contributed by atoms with van der Waals surface area (Å²) < 4.78 is 2.01. The average Bonchev–Trinajstić information content (AvgIpc) is 3.13. The Morgan fingerprint density at radius 1 is 1.07 bits per heavy atom. The number of guanidine groups is 1. The molecular weight excluding hydrogens is 475 g/mol. The summed E-state index contributed by atoms with van der Waals surface area (Å²) in [6, 6.07) is 14.8. The average molecular weight is 506 g/mol. The third-order valence-corrected chi connectivity index (χ3v) is 5.09. The van der Waals surface area contributed by atoms with Crippen molar-refractivity contribution < 1.29 is 0 Å². The summed E-state index contributed by atoms with van der Waals surface area (Å²) in [7, 11) is 1.80. The van der Waals surface area contributed by atoms with Crippen LogP contribution >= 0.6 is 24.0 Å². The van der Waals surface area contributed by atoms with Gasteiger partial charge in [0, 0.05) is 38.2 Å². The van der Waals surface area contributed by atoms with Crippen molar-refractivity contribution in [1.29, 1.82) is 0 Å². The Balaban J connectivity index is 0.00000300.